The predicted molar refractivity (Wildman–Crippen MR) is 79.5 cm³/mol. The lowest BCUT2D eigenvalue weighted by molar-refractivity contribution is 0.0655. The summed E-state index contributed by atoms with van der Waals surface area (Å²) >= 11 is 0. The van der Waals surface area contributed by atoms with Crippen LogP contribution in [0.2, 0.25) is 0 Å². The van der Waals surface area contributed by atoms with E-state index in [-0.39, 0.29) is 11.9 Å². The van der Waals surface area contributed by atoms with Crippen molar-refractivity contribution in [3.05, 3.63) is 42.0 Å². The topological polar surface area (TPSA) is 63.1 Å². The summed E-state index contributed by atoms with van der Waals surface area (Å²) < 4.78 is 1.71. The molecule has 1 atom stereocenters. The summed E-state index contributed by atoms with van der Waals surface area (Å²) in [5, 5.41) is 7.42. The minimum Gasteiger partial charge on any atom is -0.333 e. The van der Waals surface area contributed by atoms with Crippen molar-refractivity contribution in [2.75, 3.05) is 19.6 Å². The van der Waals surface area contributed by atoms with Gasteiger partial charge in [0.05, 0.1) is 5.69 Å². The van der Waals surface area contributed by atoms with Crippen LogP contribution in [0.3, 0.4) is 0 Å². The van der Waals surface area contributed by atoms with Crippen LogP contribution >= 0.6 is 0 Å². The van der Waals surface area contributed by atoms with Crippen LogP contribution < -0.4 is 5.32 Å². The first-order valence-electron chi connectivity index (χ1n) is 7.14. The third-order valence-corrected chi connectivity index (χ3v) is 3.87. The number of aromatic nitrogens is 3. The second-order valence-corrected chi connectivity index (χ2v) is 5.39. The number of hydrogen-bond acceptors (Lipinski definition) is 4. The van der Waals surface area contributed by atoms with E-state index in [0.717, 1.165) is 36.4 Å². The summed E-state index contributed by atoms with van der Waals surface area (Å²) in [7, 11) is 0. The molecule has 0 unspecified atom stereocenters. The normalized spacial score (nSPS) is 18.8. The van der Waals surface area contributed by atoms with Crippen LogP contribution in [0.15, 0.2) is 30.9 Å². The van der Waals surface area contributed by atoms with Crippen molar-refractivity contribution in [2.45, 2.75) is 19.9 Å². The summed E-state index contributed by atoms with van der Waals surface area (Å²) in [6.45, 7) is 6.51. The van der Waals surface area contributed by atoms with E-state index in [9.17, 15) is 4.79 Å². The Hall–Kier alpha value is -2.21. The smallest absolute Gasteiger partial charge is 0.254 e. The molecule has 1 amide bonds. The van der Waals surface area contributed by atoms with E-state index in [1.807, 2.05) is 30.0 Å². The van der Waals surface area contributed by atoms with Crippen LogP contribution in [0.1, 0.15) is 22.8 Å². The Balaban J connectivity index is 1.86. The first-order valence-corrected chi connectivity index (χ1v) is 7.14. The van der Waals surface area contributed by atoms with Crippen molar-refractivity contribution >= 4 is 5.91 Å². The average molecular weight is 285 g/mol. The highest BCUT2D eigenvalue weighted by molar-refractivity contribution is 5.95. The molecule has 6 nitrogen and oxygen atoms in total. The number of piperazine rings is 1. The number of nitrogens with zero attached hydrogens (tertiary/aromatic N) is 4. The molecule has 3 rings (SSSR count). The molecule has 2 heterocycles. The average Bonchev–Trinajstić information content (AvgIpc) is 3.01. The molecule has 1 aromatic carbocycles. The zero-order valence-electron chi connectivity index (χ0n) is 12.3. The van der Waals surface area contributed by atoms with E-state index in [1.54, 1.807) is 11.0 Å². The minimum absolute atomic E-state index is 0.0947. The summed E-state index contributed by atoms with van der Waals surface area (Å²) in [6, 6.07) is 5.93. The maximum atomic E-state index is 12.6. The third kappa shape index (κ3) is 2.67. The number of carbonyl (C=O) groups is 1. The first-order chi connectivity index (χ1) is 10.2. The molecule has 0 bridgehead atoms. The Labute approximate surface area is 123 Å². The summed E-state index contributed by atoms with van der Waals surface area (Å²) in [6.07, 6.45) is 3.16. The van der Waals surface area contributed by atoms with Gasteiger partial charge in [-0.05, 0) is 37.6 Å². The van der Waals surface area contributed by atoms with Gasteiger partial charge in [0.2, 0.25) is 0 Å². The van der Waals surface area contributed by atoms with Gasteiger partial charge in [0.25, 0.3) is 5.91 Å². The van der Waals surface area contributed by atoms with E-state index in [0.29, 0.717) is 0 Å². The maximum absolute atomic E-state index is 12.6. The molecule has 1 fully saturated rings. The highest BCUT2D eigenvalue weighted by atomic mass is 16.2. The summed E-state index contributed by atoms with van der Waals surface area (Å²) in [5.41, 5.74) is 2.68. The number of hydrogen-bond donors (Lipinski definition) is 1. The minimum atomic E-state index is 0.0947. The Morgan fingerprint density at radius 3 is 2.95 bits per heavy atom. The number of aryl methyl sites for hydroxylation is 1. The molecule has 0 saturated carbocycles. The molecule has 1 aliphatic rings. The van der Waals surface area contributed by atoms with E-state index in [4.69, 9.17) is 0 Å². The van der Waals surface area contributed by atoms with E-state index in [2.05, 4.69) is 22.3 Å². The lowest BCUT2D eigenvalue weighted by Crippen LogP contribution is -2.52. The van der Waals surface area contributed by atoms with E-state index in [1.165, 1.54) is 6.33 Å². The zero-order valence-corrected chi connectivity index (χ0v) is 12.3. The van der Waals surface area contributed by atoms with Gasteiger partial charge in [0.15, 0.2) is 0 Å². The Bertz CT molecular complexity index is 638. The molecular formula is C15H19N5O. The van der Waals surface area contributed by atoms with E-state index >= 15 is 0 Å². The van der Waals surface area contributed by atoms with Crippen molar-refractivity contribution in [3.8, 4) is 5.69 Å². The van der Waals surface area contributed by atoms with Crippen molar-refractivity contribution in [3.63, 3.8) is 0 Å². The second kappa shape index (κ2) is 5.65. The molecule has 0 radical (unpaired) electrons. The third-order valence-electron chi connectivity index (χ3n) is 3.87. The predicted octanol–water partition coefficient (Wildman–Crippen LogP) is 1.01. The SMILES string of the molecule is Cc1cc(C(=O)N2CCNC[C@@H]2C)ccc1-n1cncn1. The second-order valence-electron chi connectivity index (χ2n) is 5.39. The standard InChI is InChI=1S/C15H19N5O/c1-11-7-13(3-4-14(11)20-10-17-9-18-20)15(21)19-6-5-16-8-12(19)2/h3-4,7,9-10,12,16H,5-6,8H2,1-2H3/t12-/m0/s1. The molecule has 2 aromatic rings. The van der Waals surface area contributed by atoms with Crippen LogP contribution in [0, 0.1) is 6.92 Å². The zero-order chi connectivity index (χ0) is 14.8. The number of nitrogens with one attached hydrogen (secondary N) is 1. The van der Waals surface area contributed by atoms with Crippen LogP contribution in [0.5, 0.6) is 0 Å². The molecule has 21 heavy (non-hydrogen) atoms. The van der Waals surface area contributed by atoms with Crippen LogP contribution in [0.4, 0.5) is 0 Å². The van der Waals surface area contributed by atoms with Crippen molar-refractivity contribution < 1.29 is 4.79 Å². The van der Waals surface area contributed by atoms with Crippen LogP contribution in [0.25, 0.3) is 5.69 Å². The molecule has 1 N–H and O–H groups in total. The lowest BCUT2D eigenvalue weighted by Gasteiger charge is -2.34. The van der Waals surface area contributed by atoms with Gasteiger partial charge in [0.1, 0.15) is 12.7 Å². The molecule has 110 valence electrons. The Morgan fingerprint density at radius 2 is 2.29 bits per heavy atom. The van der Waals surface area contributed by atoms with Gasteiger partial charge in [-0.1, -0.05) is 0 Å². The van der Waals surface area contributed by atoms with Gasteiger partial charge >= 0.3 is 0 Å². The van der Waals surface area contributed by atoms with Gasteiger partial charge in [0, 0.05) is 31.2 Å². The fraction of sp³-hybridized carbons (Fsp3) is 0.400. The Morgan fingerprint density at radius 1 is 1.43 bits per heavy atom. The Kier molecular flexibility index (Phi) is 3.70. The summed E-state index contributed by atoms with van der Waals surface area (Å²) in [4.78, 5) is 18.5. The largest absolute Gasteiger partial charge is 0.333 e. The molecule has 6 heteroatoms. The fourth-order valence-electron chi connectivity index (χ4n) is 2.69. The van der Waals surface area contributed by atoms with Gasteiger partial charge in [-0.3, -0.25) is 4.79 Å². The fourth-order valence-corrected chi connectivity index (χ4v) is 2.69. The molecule has 0 spiro atoms. The van der Waals surface area contributed by atoms with Crippen molar-refractivity contribution in [2.24, 2.45) is 0 Å². The van der Waals surface area contributed by atoms with Gasteiger partial charge < -0.3 is 10.2 Å². The lowest BCUT2D eigenvalue weighted by atomic mass is 10.1. The number of benzene rings is 1. The van der Waals surface area contributed by atoms with E-state index < -0.39 is 0 Å². The number of amides is 1. The van der Waals surface area contributed by atoms with Gasteiger partial charge in [-0.2, -0.15) is 5.10 Å². The number of rotatable bonds is 2. The van der Waals surface area contributed by atoms with Gasteiger partial charge in [-0.25, -0.2) is 9.67 Å². The van der Waals surface area contributed by atoms with Gasteiger partial charge in [-0.15, -0.1) is 0 Å². The molecule has 0 aliphatic carbocycles. The van der Waals surface area contributed by atoms with Crippen LogP contribution in [-0.4, -0.2) is 51.2 Å². The number of carbonyl (C=O) groups excluding carboxylic acids is 1. The molecule has 1 saturated heterocycles. The first kappa shape index (κ1) is 13.8. The monoisotopic (exact) mass is 285 g/mol. The molecule has 1 aliphatic heterocycles. The van der Waals surface area contributed by atoms with Crippen molar-refractivity contribution in [1.82, 2.24) is 25.0 Å². The maximum Gasteiger partial charge on any atom is 0.254 e. The molecular weight excluding hydrogens is 266 g/mol. The summed E-state index contributed by atoms with van der Waals surface area (Å²) in [5.74, 6) is 0.0947. The highest BCUT2D eigenvalue weighted by Crippen LogP contribution is 2.17. The van der Waals surface area contributed by atoms with Crippen molar-refractivity contribution in [1.29, 1.82) is 0 Å². The molecule has 1 aromatic heterocycles. The quantitative estimate of drug-likeness (QED) is 0.894. The van der Waals surface area contributed by atoms with Crippen LogP contribution in [-0.2, 0) is 0 Å². The highest BCUT2D eigenvalue weighted by Gasteiger charge is 2.24.